The standard InChI is InChI=1S/C15H16ClNO5/c1-3-20-14(18)11-12(9-5-7-10(16)8-6-9)17-22-13(11)15(19)21-4-2/h5-8,11,13H,3-4H2,1-2H3. The van der Waals surface area contributed by atoms with Gasteiger partial charge in [-0.05, 0) is 26.0 Å². The third-order valence-electron chi connectivity index (χ3n) is 3.06. The molecule has 0 spiro atoms. The molecule has 6 nitrogen and oxygen atoms in total. The van der Waals surface area contributed by atoms with Gasteiger partial charge in [0.25, 0.3) is 0 Å². The van der Waals surface area contributed by atoms with E-state index >= 15 is 0 Å². The van der Waals surface area contributed by atoms with E-state index in [-0.39, 0.29) is 13.2 Å². The molecule has 1 aromatic rings. The third-order valence-corrected chi connectivity index (χ3v) is 3.31. The Balaban J connectivity index is 2.30. The van der Waals surface area contributed by atoms with E-state index in [4.69, 9.17) is 25.9 Å². The van der Waals surface area contributed by atoms with Crippen molar-refractivity contribution in [3.8, 4) is 0 Å². The number of nitrogens with zero attached hydrogens (tertiary/aromatic N) is 1. The summed E-state index contributed by atoms with van der Waals surface area (Å²) in [5.41, 5.74) is 0.961. The van der Waals surface area contributed by atoms with Crippen LogP contribution in [-0.4, -0.2) is 37.0 Å². The van der Waals surface area contributed by atoms with E-state index < -0.39 is 24.0 Å². The maximum atomic E-state index is 12.2. The Bertz CT molecular complexity index is 584. The number of carbonyl (C=O) groups excluding carboxylic acids is 2. The van der Waals surface area contributed by atoms with Crippen molar-refractivity contribution in [2.75, 3.05) is 13.2 Å². The lowest BCUT2D eigenvalue weighted by Crippen LogP contribution is -2.39. The molecule has 1 aliphatic rings. The second-order valence-corrected chi connectivity index (χ2v) is 4.93. The average Bonchev–Trinajstić information content (AvgIpc) is 2.93. The Kier molecular flexibility index (Phi) is 5.38. The van der Waals surface area contributed by atoms with Gasteiger partial charge in [-0.2, -0.15) is 0 Å². The summed E-state index contributed by atoms with van der Waals surface area (Å²) < 4.78 is 9.95. The fourth-order valence-electron chi connectivity index (χ4n) is 2.10. The van der Waals surface area contributed by atoms with Gasteiger partial charge in [-0.1, -0.05) is 28.9 Å². The molecule has 2 atom stereocenters. The highest BCUT2D eigenvalue weighted by Gasteiger charge is 2.46. The molecule has 118 valence electrons. The molecule has 7 heteroatoms. The van der Waals surface area contributed by atoms with Gasteiger partial charge < -0.3 is 14.3 Å². The molecule has 0 saturated carbocycles. The second-order valence-electron chi connectivity index (χ2n) is 4.49. The Hall–Kier alpha value is -2.08. The van der Waals surface area contributed by atoms with Gasteiger partial charge in [-0.25, -0.2) is 4.79 Å². The van der Waals surface area contributed by atoms with Crippen molar-refractivity contribution in [1.29, 1.82) is 0 Å². The lowest BCUT2D eigenvalue weighted by molar-refractivity contribution is -0.164. The van der Waals surface area contributed by atoms with Crippen LogP contribution in [-0.2, 0) is 23.9 Å². The number of carbonyl (C=O) groups is 2. The number of ether oxygens (including phenoxy) is 2. The van der Waals surface area contributed by atoms with Crippen LogP contribution < -0.4 is 0 Å². The van der Waals surface area contributed by atoms with Crippen molar-refractivity contribution in [2.45, 2.75) is 20.0 Å². The minimum atomic E-state index is -1.13. The molecule has 0 N–H and O–H groups in total. The quantitative estimate of drug-likeness (QED) is 0.776. The largest absolute Gasteiger partial charge is 0.465 e. The molecule has 0 radical (unpaired) electrons. The topological polar surface area (TPSA) is 74.2 Å². The molecular weight excluding hydrogens is 310 g/mol. The maximum absolute atomic E-state index is 12.2. The van der Waals surface area contributed by atoms with Crippen LogP contribution in [0.15, 0.2) is 29.4 Å². The lowest BCUT2D eigenvalue weighted by Gasteiger charge is -2.16. The van der Waals surface area contributed by atoms with Crippen molar-refractivity contribution in [2.24, 2.45) is 11.1 Å². The molecule has 2 rings (SSSR count). The summed E-state index contributed by atoms with van der Waals surface area (Å²) in [5, 5.41) is 4.43. The zero-order chi connectivity index (χ0) is 16.1. The minimum absolute atomic E-state index is 0.185. The second kappa shape index (κ2) is 7.26. The summed E-state index contributed by atoms with van der Waals surface area (Å²) in [6.07, 6.45) is -1.13. The zero-order valence-electron chi connectivity index (χ0n) is 12.2. The van der Waals surface area contributed by atoms with Gasteiger partial charge in [0.2, 0.25) is 6.10 Å². The molecule has 1 aliphatic heterocycles. The first-order valence-electron chi connectivity index (χ1n) is 6.91. The van der Waals surface area contributed by atoms with Crippen LogP contribution >= 0.6 is 11.6 Å². The van der Waals surface area contributed by atoms with Crippen molar-refractivity contribution in [3.63, 3.8) is 0 Å². The molecule has 22 heavy (non-hydrogen) atoms. The van der Waals surface area contributed by atoms with Gasteiger partial charge in [-0.15, -0.1) is 0 Å². The Morgan fingerprint density at radius 3 is 2.32 bits per heavy atom. The van der Waals surface area contributed by atoms with E-state index in [1.165, 1.54) is 0 Å². The highest BCUT2D eigenvalue weighted by molar-refractivity contribution is 6.30. The van der Waals surface area contributed by atoms with E-state index in [9.17, 15) is 9.59 Å². The van der Waals surface area contributed by atoms with Crippen LogP contribution in [0.2, 0.25) is 5.02 Å². The predicted octanol–water partition coefficient (Wildman–Crippen LogP) is 2.19. The number of hydrogen-bond acceptors (Lipinski definition) is 6. The summed E-state index contributed by atoms with van der Waals surface area (Å²) in [6, 6.07) is 6.73. The lowest BCUT2D eigenvalue weighted by atomic mass is 9.92. The third kappa shape index (κ3) is 3.39. The van der Waals surface area contributed by atoms with Crippen LogP contribution in [0.1, 0.15) is 19.4 Å². The highest BCUT2D eigenvalue weighted by Crippen LogP contribution is 2.26. The van der Waals surface area contributed by atoms with Gasteiger partial charge in [-0.3, -0.25) is 4.79 Å². The summed E-state index contributed by atoms with van der Waals surface area (Å²) in [4.78, 5) is 29.3. The molecule has 0 aromatic heterocycles. The van der Waals surface area contributed by atoms with Crippen LogP contribution in [0.25, 0.3) is 0 Å². The van der Waals surface area contributed by atoms with Crippen molar-refractivity contribution in [3.05, 3.63) is 34.9 Å². The first kappa shape index (κ1) is 16.3. The minimum Gasteiger partial charge on any atom is -0.465 e. The van der Waals surface area contributed by atoms with E-state index in [0.717, 1.165) is 0 Å². The molecule has 0 bridgehead atoms. The SMILES string of the molecule is CCOC(=O)C1ON=C(c2ccc(Cl)cc2)C1C(=O)OCC. The van der Waals surface area contributed by atoms with Crippen molar-refractivity contribution >= 4 is 29.3 Å². The number of hydrogen-bond donors (Lipinski definition) is 0. The molecular formula is C15H16ClNO5. The molecule has 0 amide bonds. The number of esters is 2. The van der Waals surface area contributed by atoms with Crippen LogP contribution in [0.5, 0.6) is 0 Å². The first-order chi connectivity index (χ1) is 10.6. The summed E-state index contributed by atoms with van der Waals surface area (Å²) >= 11 is 5.85. The summed E-state index contributed by atoms with van der Waals surface area (Å²) in [6.45, 7) is 3.74. The molecule has 1 aromatic carbocycles. The molecule has 0 saturated heterocycles. The zero-order valence-corrected chi connectivity index (χ0v) is 13.0. The average molecular weight is 326 g/mol. The van der Waals surface area contributed by atoms with E-state index in [2.05, 4.69) is 5.16 Å². The molecule has 2 unspecified atom stereocenters. The smallest absolute Gasteiger partial charge is 0.351 e. The van der Waals surface area contributed by atoms with Crippen LogP contribution in [0, 0.1) is 5.92 Å². The fourth-order valence-corrected chi connectivity index (χ4v) is 2.22. The maximum Gasteiger partial charge on any atom is 0.351 e. The first-order valence-corrected chi connectivity index (χ1v) is 7.29. The van der Waals surface area contributed by atoms with Crippen molar-refractivity contribution < 1.29 is 23.9 Å². The van der Waals surface area contributed by atoms with Gasteiger partial charge in [0.05, 0.1) is 13.2 Å². The predicted molar refractivity (Wildman–Crippen MR) is 79.6 cm³/mol. The number of rotatable bonds is 5. The number of benzene rings is 1. The number of halogens is 1. The Morgan fingerprint density at radius 1 is 1.14 bits per heavy atom. The number of oxime groups is 1. The molecule has 0 fully saturated rings. The molecule has 0 aliphatic carbocycles. The van der Waals surface area contributed by atoms with E-state index in [1.807, 2.05) is 0 Å². The van der Waals surface area contributed by atoms with E-state index in [0.29, 0.717) is 16.3 Å². The normalized spacial score (nSPS) is 20.0. The highest BCUT2D eigenvalue weighted by atomic mass is 35.5. The molecule has 1 heterocycles. The van der Waals surface area contributed by atoms with Gasteiger partial charge in [0.15, 0.2) is 5.92 Å². The summed E-state index contributed by atoms with van der Waals surface area (Å²) in [7, 11) is 0. The van der Waals surface area contributed by atoms with Crippen LogP contribution in [0.3, 0.4) is 0 Å². The van der Waals surface area contributed by atoms with Crippen LogP contribution in [0.4, 0.5) is 0 Å². The van der Waals surface area contributed by atoms with Crippen molar-refractivity contribution in [1.82, 2.24) is 0 Å². The Morgan fingerprint density at radius 2 is 1.73 bits per heavy atom. The van der Waals surface area contributed by atoms with Gasteiger partial charge in [0.1, 0.15) is 5.71 Å². The fraction of sp³-hybridized carbons (Fsp3) is 0.400. The summed E-state index contributed by atoms with van der Waals surface area (Å²) in [5.74, 6) is -2.18. The monoisotopic (exact) mass is 325 g/mol. The Labute approximate surface area is 133 Å². The van der Waals surface area contributed by atoms with Gasteiger partial charge in [0, 0.05) is 10.6 Å². The van der Waals surface area contributed by atoms with Gasteiger partial charge >= 0.3 is 11.9 Å². The van der Waals surface area contributed by atoms with E-state index in [1.54, 1.807) is 38.1 Å².